The van der Waals surface area contributed by atoms with Gasteiger partial charge in [-0.1, -0.05) is 18.5 Å². The fraction of sp³-hybridized carbons (Fsp3) is 0.235. The van der Waals surface area contributed by atoms with Gasteiger partial charge in [-0.15, -0.1) is 10.2 Å². The van der Waals surface area contributed by atoms with Crippen molar-refractivity contribution in [2.45, 2.75) is 12.8 Å². The molecule has 1 aliphatic rings. The van der Waals surface area contributed by atoms with Gasteiger partial charge in [-0.05, 0) is 28.1 Å². The molecule has 0 spiro atoms. The van der Waals surface area contributed by atoms with Crippen molar-refractivity contribution in [3.05, 3.63) is 45.9 Å². The molecule has 8 heteroatoms. The van der Waals surface area contributed by atoms with E-state index in [1.54, 1.807) is 19.5 Å². The van der Waals surface area contributed by atoms with Crippen LogP contribution in [0, 0.1) is 0 Å². The predicted octanol–water partition coefficient (Wildman–Crippen LogP) is 4.28. The molecule has 4 rings (SSSR count). The Balaban J connectivity index is 2.00. The van der Waals surface area contributed by atoms with Crippen LogP contribution in [0.5, 0.6) is 5.75 Å². The quantitative estimate of drug-likeness (QED) is 0.670. The maximum absolute atomic E-state index is 6.31. The number of hydrogen-bond acceptors (Lipinski definition) is 5. The molecule has 3 heterocycles. The van der Waals surface area contributed by atoms with E-state index in [9.17, 15) is 0 Å². The third-order valence-electron chi connectivity index (χ3n) is 4.20. The van der Waals surface area contributed by atoms with E-state index in [4.69, 9.17) is 16.3 Å². The van der Waals surface area contributed by atoms with E-state index in [1.165, 1.54) is 0 Å². The van der Waals surface area contributed by atoms with Crippen molar-refractivity contribution in [3.8, 4) is 22.8 Å². The van der Waals surface area contributed by atoms with Crippen molar-refractivity contribution in [1.82, 2.24) is 19.7 Å². The predicted molar refractivity (Wildman–Crippen MR) is 101 cm³/mol. The van der Waals surface area contributed by atoms with Crippen molar-refractivity contribution in [1.29, 1.82) is 0 Å². The van der Waals surface area contributed by atoms with E-state index >= 15 is 0 Å². The topological polar surface area (TPSA) is 64.9 Å². The number of aromatic nitrogens is 4. The zero-order valence-electron chi connectivity index (χ0n) is 13.6. The minimum absolute atomic E-state index is 0.179. The summed E-state index contributed by atoms with van der Waals surface area (Å²) in [6, 6.07) is 5.76. The number of hydrogen-bond donors (Lipinski definition) is 1. The minimum Gasteiger partial charge on any atom is -0.495 e. The third kappa shape index (κ3) is 2.77. The lowest BCUT2D eigenvalue weighted by atomic mass is 10.1. The molecule has 6 nitrogen and oxygen atoms in total. The van der Waals surface area contributed by atoms with Crippen molar-refractivity contribution >= 4 is 33.2 Å². The van der Waals surface area contributed by atoms with Crippen molar-refractivity contribution < 1.29 is 4.74 Å². The highest BCUT2D eigenvalue weighted by molar-refractivity contribution is 9.10. The molecular formula is C17H15BrClN5O. The maximum atomic E-state index is 6.31. The van der Waals surface area contributed by atoms with Crippen LogP contribution in [0.3, 0.4) is 0 Å². The molecule has 1 atom stereocenters. The lowest BCUT2D eigenvalue weighted by Gasteiger charge is -2.14. The van der Waals surface area contributed by atoms with Crippen LogP contribution in [0.25, 0.3) is 17.1 Å². The number of pyridine rings is 1. The molecule has 0 saturated carbocycles. The van der Waals surface area contributed by atoms with E-state index in [0.717, 1.165) is 39.6 Å². The zero-order valence-corrected chi connectivity index (χ0v) is 16.0. The summed E-state index contributed by atoms with van der Waals surface area (Å²) >= 11 is 9.77. The molecule has 0 aliphatic carbocycles. The van der Waals surface area contributed by atoms with Crippen molar-refractivity contribution in [3.63, 3.8) is 0 Å². The molecule has 0 unspecified atom stereocenters. The van der Waals surface area contributed by atoms with E-state index in [0.29, 0.717) is 10.8 Å². The summed E-state index contributed by atoms with van der Waals surface area (Å²) in [4.78, 5) is 4.25. The van der Waals surface area contributed by atoms with E-state index in [1.807, 2.05) is 22.8 Å². The number of methoxy groups -OCH3 is 1. The monoisotopic (exact) mass is 419 g/mol. The van der Waals surface area contributed by atoms with Gasteiger partial charge in [-0.3, -0.25) is 9.55 Å². The summed E-state index contributed by atoms with van der Waals surface area (Å²) < 4.78 is 8.33. The molecule has 25 heavy (non-hydrogen) atoms. The standard InChI is InChI=1S/C17H15BrClN5O/c1-9-6-21-13-4-12(19)15(25-2)5-14(13)24-16(9)22-23-17(24)10-3-11(18)8-20-7-10/h3-5,7-9,21H,6H2,1-2H3/t9-/m0/s1. The zero-order chi connectivity index (χ0) is 17.6. The second kappa shape index (κ2) is 6.31. The Hall–Kier alpha value is -2.12. The first kappa shape index (κ1) is 16.4. The number of rotatable bonds is 2. The smallest absolute Gasteiger partial charge is 0.170 e. The van der Waals surface area contributed by atoms with E-state index < -0.39 is 0 Å². The van der Waals surface area contributed by atoms with Crippen LogP contribution < -0.4 is 10.1 Å². The molecule has 1 N–H and O–H groups in total. The summed E-state index contributed by atoms with van der Waals surface area (Å²) in [6.45, 7) is 2.85. The Morgan fingerprint density at radius 3 is 2.88 bits per heavy atom. The van der Waals surface area contributed by atoms with Gasteiger partial charge in [0.1, 0.15) is 11.6 Å². The first-order chi connectivity index (χ1) is 12.1. The molecule has 0 amide bonds. The first-order valence-electron chi connectivity index (χ1n) is 7.76. The lowest BCUT2D eigenvalue weighted by molar-refractivity contribution is 0.415. The van der Waals surface area contributed by atoms with Crippen molar-refractivity contribution in [2.24, 2.45) is 0 Å². The fourth-order valence-corrected chi connectivity index (χ4v) is 3.56. The van der Waals surface area contributed by atoms with Crippen LogP contribution in [0.15, 0.2) is 35.1 Å². The van der Waals surface area contributed by atoms with Crippen LogP contribution in [-0.2, 0) is 0 Å². The summed E-state index contributed by atoms with van der Waals surface area (Å²) in [5, 5.41) is 12.9. The second-order valence-corrected chi connectivity index (χ2v) is 7.22. The molecular weight excluding hydrogens is 406 g/mol. The number of nitrogens with one attached hydrogen (secondary N) is 1. The third-order valence-corrected chi connectivity index (χ3v) is 4.93. The number of halogens is 2. The number of anilines is 1. The summed E-state index contributed by atoms with van der Waals surface area (Å²) in [5.41, 5.74) is 2.70. The maximum Gasteiger partial charge on any atom is 0.170 e. The Morgan fingerprint density at radius 2 is 2.12 bits per heavy atom. The summed E-state index contributed by atoms with van der Waals surface area (Å²) in [6.07, 6.45) is 3.52. The number of ether oxygens (including phenoxy) is 1. The average Bonchev–Trinajstić information content (AvgIpc) is 2.99. The van der Waals surface area contributed by atoms with Crippen LogP contribution in [0.2, 0.25) is 5.02 Å². The summed E-state index contributed by atoms with van der Waals surface area (Å²) in [7, 11) is 1.60. The molecule has 2 aromatic heterocycles. The van der Waals surface area contributed by atoms with Gasteiger partial charge < -0.3 is 10.1 Å². The minimum atomic E-state index is 0.179. The van der Waals surface area contributed by atoms with Crippen LogP contribution in [0.1, 0.15) is 18.7 Å². The van der Waals surface area contributed by atoms with Gasteiger partial charge in [-0.2, -0.15) is 0 Å². The molecule has 0 fully saturated rings. The molecule has 0 saturated heterocycles. The molecule has 1 aromatic carbocycles. The van der Waals surface area contributed by atoms with Crippen LogP contribution >= 0.6 is 27.5 Å². The molecule has 128 valence electrons. The van der Waals surface area contributed by atoms with Gasteiger partial charge in [-0.25, -0.2) is 0 Å². The number of nitrogens with zero attached hydrogens (tertiary/aromatic N) is 4. The van der Waals surface area contributed by atoms with Gasteiger partial charge in [0.25, 0.3) is 0 Å². The second-order valence-electron chi connectivity index (χ2n) is 5.89. The molecule has 1 aliphatic heterocycles. The normalized spacial score (nSPS) is 15.8. The molecule has 3 aromatic rings. The van der Waals surface area contributed by atoms with Crippen LogP contribution in [-0.4, -0.2) is 33.4 Å². The largest absolute Gasteiger partial charge is 0.495 e. The van der Waals surface area contributed by atoms with Crippen LogP contribution in [0.4, 0.5) is 5.69 Å². The SMILES string of the molecule is COc1cc2c(cc1Cl)NC[C@H](C)c1nnc(-c3cncc(Br)c3)n1-2. The lowest BCUT2D eigenvalue weighted by Crippen LogP contribution is -2.09. The fourth-order valence-electron chi connectivity index (χ4n) is 2.95. The van der Waals surface area contributed by atoms with E-state index in [-0.39, 0.29) is 5.92 Å². The highest BCUT2D eigenvalue weighted by atomic mass is 79.9. The first-order valence-corrected chi connectivity index (χ1v) is 8.93. The highest BCUT2D eigenvalue weighted by Gasteiger charge is 2.26. The molecule has 0 radical (unpaired) electrons. The Kier molecular flexibility index (Phi) is 4.13. The Labute approximate surface area is 158 Å². The van der Waals surface area contributed by atoms with Gasteiger partial charge in [0, 0.05) is 41.0 Å². The Bertz CT molecular complexity index is 958. The van der Waals surface area contributed by atoms with Crippen molar-refractivity contribution in [2.75, 3.05) is 19.0 Å². The highest BCUT2D eigenvalue weighted by Crippen LogP contribution is 2.39. The number of benzene rings is 1. The van der Waals surface area contributed by atoms with Gasteiger partial charge >= 0.3 is 0 Å². The van der Waals surface area contributed by atoms with Gasteiger partial charge in [0.2, 0.25) is 0 Å². The van der Waals surface area contributed by atoms with E-state index in [2.05, 4.69) is 43.4 Å². The molecule has 0 bridgehead atoms. The van der Waals surface area contributed by atoms with Gasteiger partial charge in [0.05, 0.1) is 23.5 Å². The van der Waals surface area contributed by atoms with Gasteiger partial charge in [0.15, 0.2) is 5.82 Å². The summed E-state index contributed by atoms with van der Waals surface area (Å²) in [5.74, 6) is 2.39. The average molecular weight is 421 g/mol. The number of fused-ring (bicyclic) bond motifs is 3. The Morgan fingerprint density at radius 1 is 1.28 bits per heavy atom.